The van der Waals surface area contributed by atoms with Crippen molar-refractivity contribution < 1.29 is 0 Å². The van der Waals surface area contributed by atoms with E-state index in [1.165, 1.54) is 72.0 Å². The lowest BCUT2D eigenvalue weighted by Crippen LogP contribution is -2.17. The number of anilines is 3. The lowest BCUT2D eigenvalue weighted by atomic mass is 9.81. The van der Waals surface area contributed by atoms with Crippen LogP contribution in [0.5, 0.6) is 0 Å². The van der Waals surface area contributed by atoms with Gasteiger partial charge in [-0.3, -0.25) is 0 Å². The van der Waals surface area contributed by atoms with Gasteiger partial charge in [-0.15, -0.1) is 0 Å². The molecule has 0 saturated heterocycles. The van der Waals surface area contributed by atoms with Gasteiger partial charge >= 0.3 is 0 Å². The van der Waals surface area contributed by atoms with Crippen molar-refractivity contribution in [1.29, 1.82) is 0 Å². The molecule has 1 aliphatic rings. The van der Waals surface area contributed by atoms with E-state index in [1.54, 1.807) is 0 Å². The monoisotopic (exact) mass is 653 g/mol. The van der Waals surface area contributed by atoms with Gasteiger partial charge in [0.25, 0.3) is 0 Å². The Morgan fingerprint density at radius 3 is 1.67 bits per heavy atom. The summed E-state index contributed by atoms with van der Waals surface area (Å²) in [6.45, 7) is 6.94. The minimum absolute atomic E-state index is 0.148. The Balaban J connectivity index is 1.24. The Bertz CT molecular complexity index is 2560. The van der Waals surface area contributed by atoms with Crippen molar-refractivity contribution in [3.8, 4) is 44.5 Å². The average Bonchev–Trinajstić information content (AvgIpc) is 3.39. The molecule has 0 spiro atoms. The smallest absolute Gasteiger partial charge is 0.0540 e. The molecule has 0 fully saturated rings. The summed E-state index contributed by atoms with van der Waals surface area (Å²) in [7, 11) is 0. The molecule has 0 bridgehead atoms. The van der Waals surface area contributed by atoms with Gasteiger partial charge in [0.2, 0.25) is 0 Å². The number of benzene rings is 8. The minimum Gasteiger partial charge on any atom is -0.310 e. The molecule has 244 valence electrons. The number of aryl methyl sites for hydroxylation is 1. The van der Waals surface area contributed by atoms with Crippen molar-refractivity contribution in [1.82, 2.24) is 0 Å². The van der Waals surface area contributed by atoms with Crippen LogP contribution in [0.25, 0.3) is 55.3 Å². The first-order chi connectivity index (χ1) is 25.0. The maximum Gasteiger partial charge on any atom is 0.0540 e. The van der Waals surface area contributed by atoms with Crippen molar-refractivity contribution >= 4 is 27.8 Å². The van der Waals surface area contributed by atoms with Gasteiger partial charge in [0.1, 0.15) is 0 Å². The highest BCUT2D eigenvalue weighted by Gasteiger charge is 2.36. The van der Waals surface area contributed by atoms with Crippen LogP contribution in [0.2, 0.25) is 0 Å². The van der Waals surface area contributed by atoms with E-state index in [9.17, 15) is 0 Å². The fourth-order valence-corrected chi connectivity index (χ4v) is 8.15. The molecule has 0 heterocycles. The number of nitrogens with zero attached hydrogens (tertiary/aromatic N) is 1. The summed E-state index contributed by atoms with van der Waals surface area (Å²) in [5.74, 6) is 0. The molecule has 0 atom stereocenters. The van der Waals surface area contributed by atoms with Crippen LogP contribution in [0.4, 0.5) is 17.1 Å². The zero-order valence-electron chi connectivity index (χ0n) is 29.3. The first-order valence-electron chi connectivity index (χ1n) is 17.9. The molecule has 8 aromatic rings. The van der Waals surface area contributed by atoms with Crippen LogP contribution in [0.1, 0.15) is 30.5 Å². The third kappa shape index (κ3) is 5.25. The molecule has 0 unspecified atom stereocenters. The van der Waals surface area contributed by atoms with E-state index in [-0.39, 0.29) is 5.41 Å². The Morgan fingerprint density at radius 1 is 0.373 bits per heavy atom. The summed E-state index contributed by atoms with van der Waals surface area (Å²) in [6, 6.07) is 66.7. The normalized spacial score (nSPS) is 12.8. The fraction of sp³-hybridized carbons (Fsp3) is 0.0800. The second kappa shape index (κ2) is 12.3. The Hall–Kier alpha value is -6.18. The third-order valence-corrected chi connectivity index (χ3v) is 10.8. The van der Waals surface area contributed by atoms with Gasteiger partial charge in [0.15, 0.2) is 0 Å². The van der Waals surface area contributed by atoms with Gasteiger partial charge < -0.3 is 4.90 Å². The average molecular weight is 654 g/mol. The van der Waals surface area contributed by atoms with Gasteiger partial charge in [0.05, 0.1) is 5.69 Å². The molecule has 0 radical (unpaired) electrons. The number of fused-ring (bicyclic) bond motifs is 4. The molecule has 8 aromatic carbocycles. The van der Waals surface area contributed by atoms with Crippen LogP contribution in [0.15, 0.2) is 182 Å². The van der Waals surface area contributed by atoms with Gasteiger partial charge in [-0.2, -0.15) is 0 Å². The first kappa shape index (κ1) is 30.8. The van der Waals surface area contributed by atoms with E-state index in [2.05, 4.69) is 208 Å². The van der Waals surface area contributed by atoms with E-state index in [0.717, 1.165) is 17.1 Å². The Morgan fingerprint density at radius 2 is 0.922 bits per heavy atom. The highest BCUT2D eigenvalue weighted by atomic mass is 15.1. The summed E-state index contributed by atoms with van der Waals surface area (Å²) in [5, 5.41) is 2.57. The molecular formula is C50H39N. The summed E-state index contributed by atoms with van der Waals surface area (Å²) in [4.78, 5) is 2.45. The fourth-order valence-electron chi connectivity index (χ4n) is 8.15. The van der Waals surface area contributed by atoms with E-state index in [0.29, 0.717) is 0 Å². The Kier molecular flexibility index (Phi) is 7.44. The molecular weight excluding hydrogens is 615 g/mol. The molecule has 1 heteroatoms. The molecule has 0 aliphatic heterocycles. The summed E-state index contributed by atoms with van der Waals surface area (Å²) >= 11 is 0. The molecule has 0 saturated carbocycles. The summed E-state index contributed by atoms with van der Waals surface area (Å²) < 4.78 is 0. The molecule has 51 heavy (non-hydrogen) atoms. The van der Waals surface area contributed by atoms with Gasteiger partial charge in [-0.1, -0.05) is 153 Å². The quantitative estimate of drug-likeness (QED) is 0.173. The van der Waals surface area contributed by atoms with Crippen molar-refractivity contribution in [3.05, 3.63) is 199 Å². The van der Waals surface area contributed by atoms with Gasteiger partial charge in [-0.25, -0.2) is 0 Å². The van der Waals surface area contributed by atoms with Crippen molar-refractivity contribution in [2.45, 2.75) is 26.2 Å². The first-order valence-corrected chi connectivity index (χ1v) is 17.9. The SMILES string of the molecule is Cc1ccccc1-c1ccc(N(c2ccc3c(c2)C(C)(C)c2cc4ccccc4cc2-3)c2ccccc2-c2ccccc2-c2ccccc2)cc1. The van der Waals surface area contributed by atoms with Crippen LogP contribution >= 0.6 is 0 Å². The summed E-state index contributed by atoms with van der Waals surface area (Å²) in [5.41, 5.74) is 17.3. The third-order valence-electron chi connectivity index (χ3n) is 10.8. The highest BCUT2D eigenvalue weighted by molar-refractivity contribution is 5.97. The molecule has 1 aliphatic carbocycles. The van der Waals surface area contributed by atoms with Gasteiger partial charge in [0, 0.05) is 22.4 Å². The van der Waals surface area contributed by atoms with E-state index in [1.807, 2.05) is 0 Å². The second-order valence-electron chi connectivity index (χ2n) is 14.2. The zero-order valence-corrected chi connectivity index (χ0v) is 29.3. The van der Waals surface area contributed by atoms with Crippen LogP contribution in [0, 0.1) is 6.92 Å². The standard InChI is InChI=1S/C50H39N/c1-34-15-7-10-20-41(34)36-25-27-39(28-26-36)51(49-24-14-13-23-45(49)43-22-12-11-21-42(43)35-16-5-4-6-17-35)40-29-30-44-46-31-37-18-8-9-19-38(37)32-47(46)50(2,3)48(44)33-40/h4-33H,1-3H3. The highest BCUT2D eigenvalue weighted by Crippen LogP contribution is 2.52. The molecule has 1 nitrogen and oxygen atoms in total. The molecule has 0 aromatic heterocycles. The maximum atomic E-state index is 2.45. The van der Waals surface area contributed by atoms with E-state index >= 15 is 0 Å². The van der Waals surface area contributed by atoms with Crippen LogP contribution < -0.4 is 4.90 Å². The second-order valence-corrected chi connectivity index (χ2v) is 14.2. The predicted molar refractivity (Wildman–Crippen MR) is 217 cm³/mol. The maximum absolute atomic E-state index is 2.45. The lowest BCUT2D eigenvalue weighted by molar-refractivity contribution is 0.661. The van der Waals surface area contributed by atoms with Crippen molar-refractivity contribution in [2.75, 3.05) is 4.90 Å². The van der Waals surface area contributed by atoms with Crippen LogP contribution in [-0.2, 0) is 5.41 Å². The number of para-hydroxylation sites is 1. The number of hydrogen-bond donors (Lipinski definition) is 0. The molecule has 0 N–H and O–H groups in total. The van der Waals surface area contributed by atoms with Crippen LogP contribution in [-0.4, -0.2) is 0 Å². The van der Waals surface area contributed by atoms with Crippen molar-refractivity contribution in [2.24, 2.45) is 0 Å². The number of hydrogen-bond acceptors (Lipinski definition) is 1. The Labute approximate surface area is 301 Å². The minimum atomic E-state index is -0.148. The largest absolute Gasteiger partial charge is 0.310 e. The number of rotatable bonds is 6. The van der Waals surface area contributed by atoms with Gasteiger partial charge in [-0.05, 0) is 116 Å². The van der Waals surface area contributed by atoms with E-state index in [4.69, 9.17) is 0 Å². The summed E-state index contributed by atoms with van der Waals surface area (Å²) in [6.07, 6.45) is 0. The zero-order chi connectivity index (χ0) is 34.5. The van der Waals surface area contributed by atoms with Crippen LogP contribution in [0.3, 0.4) is 0 Å². The van der Waals surface area contributed by atoms with Crippen molar-refractivity contribution in [3.63, 3.8) is 0 Å². The van der Waals surface area contributed by atoms with E-state index < -0.39 is 0 Å². The topological polar surface area (TPSA) is 3.24 Å². The molecule has 9 rings (SSSR count). The molecule has 0 amide bonds. The lowest BCUT2D eigenvalue weighted by Gasteiger charge is -2.30. The predicted octanol–water partition coefficient (Wildman–Crippen LogP) is 13.9.